The molecule has 0 aliphatic carbocycles. The molecule has 0 spiro atoms. The van der Waals surface area contributed by atoms with E-state index in [1.165, 1.54) is 22.3 Å². The van der Waals surface area contributed by atoms with Gasteiger partial charge in [-0.05, 0) is 59.4 Å². The molecule has 2 aromatic rings. The summed E-state index contributed by atoms with van der Waals surface area (Å²) in [7, 11) is 1.58. The summed E-state index contributed by atoms with van der Waals surface area (Å²) in [5, 5.41) is 19.8. The number of phenols is 2. The highest BCUT2D eigenvalue weighted by Gasteiger charge is 2.32. The SMILES string of the molecule is COc1cc2c(cc1O)[C@@H]1Cc3cc(O)ccc3CN1CC2. The summed E-state index contributed by atoms with van der Waals surface area (Å²) >= 11 is 0. The average molecular weight is 297 g/mol. The van der Waals surface area contributed by atoms with Crippen LogP contribution in [0.1, 0.15) is 28.3 Å². The molecular formula is C18H19NO3. The van der Waals surface area contributed by atoms with Crippen LogP contribution in [0.15, 0.2) is 30.3 Å². The highest BCUT2D eigenvalue weighted by Crippen LogP contribution is 2.42. The van der Waals surface area contributed by atoms with Crippen molar-refractivity contribution >= 4 is 0 Å². The normalized spacial score (nSPS) is 20.0. The summed E-state index contributed by atoms with van der Waals surface area (Å²) in [6.45, 7) is 1.90. The Balaban J connectivity index is 1.77. The highest BCUT2D eigenvalue weighted by atomic mass is 16.5. The maximum atomic E-state index is 10.1. The predicted molar refractivity (Wildman–Crippen MR) is 83.3 cm³/mol. The van der Waals surface area contributed by atoms with Crippen molar-refractivity contribution in [3.63, 3.8) is 0 Å². The first-order valence-corrected chi connectivity index (χ1v) is 7.60. The number of nitrogens with zero attached hydrogens (tertiary/aromatic N) is 1. The van der Waals surface area contributed by atoms with Crippen molar-refractivity contribution in [2.24, 2.45) is 0 Å². The lowest BCUT2D eigenvalue weighted by atomic mass is 9.84. The van der Waals surface area contributed by atoms with Crippen molar-refractivity contribution in [1.82, 2.24) is 4.90 Å². The third-order valence-corrected chi connectivity index (χ3v) is 4.89. The molecule has 114 valence electrons. The zero-order valence-corrected chi connectivity index (χ0v) is 12.5. The van der Waals surface area contributed by atoms with Gasteiger partial charge < -0.3 is 14.9 Å². The number of methoxy groups -OCH3 is 1. The van der Waals surface area contributed by atoms with Gasteiger partial charge in [-0.3, -0.25) is 4.90 Å². The maximum Gasteiger partial charge on any atom is 0.160 e. The number of phenolic OH excluding ortho intramolecular Hbond substituents is 2. The van der Waals surface area contributed by atoms with E-state index in [0.29, 0.717) is 11.5 Å². The molecule has 2 N–H and O–H groups in total. The molecule has 0 aromatic heterocycles. The first-order chi connectivity index (χ1) is 10.7. The molecule has 0 fully saturated rings. The van der Waals surface area contributed by atoms with Crippen LogP contribution in [0.2, 0.25) is 0 Å². The van der Waals surface area contributed by atoms with Crippen LogP contribution in [0.25, 0.3) is 0 Å². The first kappa shape index (κ1) is 13.5. The van der Waals surface area contributed by atoms with Crippen molar-refractivity contribution < 1.29 is 14.9 Å². The molecule has 4 rings (SSSR count). The monoisotopic (exact) mass is 297 g/mol. The van der Waals surface area contributed by atoms with Crippen molar-refractivity contribution in [1.29, 1.82) is 0 Å². The zero-order chi connectivity index (χ0) is 15.3. The fraction of sp³-hybridized carbons (Fsp3) is 0.333. The Morgan fingerprint density at radius 3 is 2.77 bits per heavy atom. The Morgan fingerprint density at radius 1 is 1.09 bits per heavy atom. The van der Waals surface area contributed by atoms with Gasteiger partial charge in [0.05, 0.1) is 7.11 Å². The minimum Gasteiger partial charge on any atom is -0.508 e. The van der Waals surface area contributed by atoms with E-state index < -0.39 is 0 Å². The van der Waals surface area contributed by atoms with Crippen molar-refractivity contribution in [3.8, 4) is 17.2 Å². The highest BCUT2D eigenvalue weighted by molar-refractivity contribution is 5.50. The van der Waals surface area contributed by atoms with Crippen LogP contribution in [0.3, 0.4) is 0 Å². The summed E-state index contributed by atoms with van der Waals surface area (Å²) in [6.07, 6.45) is 1.83. The molecular weight excluding hydrogens is 278 g/mol. The Morgan fingerprint density at radius 2 is 1.95 bits per heavy atom. The number of benzene rings is 2. The summed E-state index contributed by atoms with van der Waals surface area (Å²) < 4.78 is 5.22. The van der Waals surface area contributed by atoms with Gasteiger partial charge in [-0.2, -0.15) is 0 Å². The van der Waals surface area contributed by atoms with E-state index in [2.05, 4.69) is 4.90 Å². The minimum atomic E-state index is 0.199. The van der Waals surface area contributed by atoms with Gasteiger partial charge in [0.1, 0.15) is 5.75 Å². The minimum absolute atomic E-state index is 0.199. The van der Waals surface area contributed by atoms with Crippen molar-refractivity contribution in [3.05, 3.63) is 52.6 Å². The Kier molecular flexibility index (Phi) is 3.01. The summed E-state index contributed by atoms with van der Waals surface area (Å²) in [5.41, 5.74) is 4.91. The molecule has 0 saturated carbocycles. The fourth-order valence-electron chi connectivity index (χ4n) is 3.75. The number of fused-ring (bicyclic) bond motifs is 4. The third-order valence-electron chi connectivity index (χ3n) is 4.89. The predicted octanol–water partition coefficient (Wildman–Crippen LogP) is 2.76. The van der Waals surface area contributed by atoms with Crippen molar-refractivity contribution in [2.75, 3.05) is 13.7 Å². The lowest BCUT2D eigenvalue weighted by molar-refractivity contribution is 0.160. The molecule has 1 atom stereocenters. The molecule has 2 heterocycles. The molecule has 0 saturated heterocycles. The maximum absolute atomic E-state index is 10.1. The lowest BCUT2D eigenvalue weighted by Gasteiger charge is -2.41. The molecule has 0 amide bonds. The largest absolute Gasteiger partial charge is 0.508 e. The van der Waals surface area contributed by atoms with Crippen molar-refractivity contribution in [2.45, 2.75) is 25.4 Å². The fourth-order valence-corrected chi connectivity index (χ4v) is 3.75. The molecule has 0 radical (unpaired) electrons. The van der Waals surface area contributed by atoms with Crippen LogP contribution in [-0.4, -0.2) is 28.8 Å². The average Bonchev–Trinajstić information content (AvgIpc) is 2.52. The summed E-state index contributed by atoms with van der Waals surface area (Å²) in [6, 6.07) is 9.70. The Hall–Kier alpha value is -2.20. The smallest absolute Gasteiger partial charge is 0.160 e. The zero-order valence-electron chi connectivity index (χ0n) is 12.5. The Bertz CT molecular complexity index is 741. The van der Waals surface area contributed by atoms with Crippen LogP contribution in [-0.2, 0) is 19.4 Å². The van der Waals surface area contributed by atoms with E-state index in [4.69, 9.17) is 4.74 Å². The van der Waals surface area contributed by atoms with Gasteiger partial charge in [0.15, 0.2) is 11.5 Å². The van der Waals surface area contributed by atoms with Crippen LogP contribution < -0.4 is 4.74 Å². The molecule has 22 heavy (non-hydrogen) atoms. The van der Waals surface area contributed by atoms with Gasteiger partial charge in [-0.15, -0.1) is 0 Å². The molecule has 2 aromatic carbocycles. The Labute approximate surface area is 129 Å². The topological polar surface area (TPSA) is 52.9 Å². The van der Waals surface area contributed by atoms with E-state index in [1.54, 1.807) is 13.2 Å². The van der Waals surface area contributed by atoms with Gasteiger partial charge in [0.2, 0.25) is 0 Å². The molecule has 4 heteroatoms. The second-order valence-electron chi connectivity index (χ2n) is 6.12. The second-order valence-corrected chi connectivity index (χ2v) is 6.12. The molecule has 2 aliphatic rings. The first-order valence-electron chi connectivity index (χ1n) is 7.60. The quantitative estimate of drug-likeness (QED) is 0.850. The van der Waals surface area contributed by atoms with Gasteiger partial charge >= 0.3 is 0 Å². The van der Waals surface area contributed by atoms with Crippen LogP contribution >= 0.6 is 0 Å². The van der Waals surface area contributed by atoms with E-state index in [-0.39, 0.29) is 11.8 Å². The molecule has 0 unspecified atom stereocenters. The van der Waals surface area contributed by atoms with Gasteiger partial charge in [0.25, 0.3) is 0 Å². The number of rotatable bonds is 1. The summed E-state index contributed by atoms with van der Waals surface area (Å²) in [4.78, 5) is 2.45. The van der Waals surface area contributed by atoms with Crippen LogP contribution in [0.4, 0.5) is 0 Å². The lowest BCUT2D eigenvalue weighted by Crippen LogP contribution is -2.39. The number of hydrogen-bond donors (Lipinski definition) is 2. The van der Waals surface area contributed by atoms with Crippen LogP contribution in [0, 0.1) is 0 Å². The standard InChI is InChI=1S/C18H19NO3/c1-22-18-8-11-4-5-19-10-12-2-3-14(20)6-13(12)7-16(19)15(11)9-17(18)21/h2-3,6,8-9,16,20-21H,4-5,7,10H2,1H3/t16-/m0/s1. The summed E-state index contributed by atoms with van der Waals surface area (Å²) in [5.74, 6) is 1.06. The van der Waals surface area contributed by atoms with E-state index in [0.717, 1.165) is 25.9 Å². The van der Waals surface area contributed by atoms with Gasteiger partial charge in [0, 0.05) is 19.1 Å². The number of ether oxygens (including phenoxy) is 1. The number of hydrogen-bond acceptors (Lipinski definition) is 4. The van der Waals surface area contributed by atoms with Gasteiger partial charge in [-0.25, -0.2) is 0 Å². The molecule has 4 nitrogen and oxygen atoms in total. The van der Waals surface area contributed by atoms with E-state index in [1.807, 2.05) is 24.3 Å². The second kappa shape index (κ2) is 4.92. The third kappa shape index (κ3) is 2.03. The molecule has 2 aliphatic heterocycles. The van der Waals surface area contributed by atoms with E-state index in [9.17, 15) is 10.2 Å². The van der Waals surface area contributed by atoms with Gasteiger partial charge in [-0.1, -0.05) is 6.07 Å². The van der Waals surface area contributed by atoms with Crippen LogP contribution in [0.5, 0.6) is 17.2 Å². The van der Waals surface area contributed by atoms with E-state index >= 15 is 0 Å². The molecule has 0 bridgehead atoms. The number of aromatic hydroxyl groups is 2.